The standard InChI is InChI=1S/C19H9Cl2F3N4O/c20-10-3-1-4-12(7-10)28-16(15-13(23)8-11(22)9-14(15)24)17(21)26-18(19(28)29)27-6-2-5-25-27/h1-9H. The Hall–Kier alpha value is -3.10. The molecule has 10 heteroatoms. The zero-order valence-electron chi connectivity index (χ0n) is 14.3. The Morgan fingerprint density at radius 1 is 0.966 bits per heavy atom. The molecule has 0 unspecified atom stereocenters. The Morgan fingerprint density at radius 3 is 2.31 bits per heavy atom. The second kappa shape index (κ2) is 7.38. The molecular weight excluding hydrogens is 428 g/mol. The number of aromatic nitrogens is 4. The predicted molar refractivity (Wildman–Crippen MR) is 102 cm³/mol. The van der Waals surface area contributed by atoms with Crippen LogP contribution in [0.5, 0.6) is 0 Å². The maximum atomic E-state index is 14.5. The molecular formula is C19H9Cl2F3N4O. The normalized spacial score (nSPS) is 11.1. The molecule has 29 heavy (non-hydrogen) atoms. The summed E-state index contributed by atoms with van der Waals surface area (Å²) >= 11 is 12.3. The molecule has 0 aliphatic carbocycles. The van der Waals surface area contributed by atoms with Crippen LogP contribution in [-0.2, 0) is 0 Å². The summed E-state index contributed by atoms with van der Waals surface area (Å²) in [6.07, 6.45) is 2.88. The summed E-state index contributed by atoms with van der Waals surface area (Å²) in [7, 11) is 0. The third-order valence-electron chi connectivity index (χ3n) is 4.05. The van der Waals surface area contributed by atoms with E-state index in [1.54, 1.807) is 18.2 Å². The van der Waals surface area contributed by atoms with Crippen LogP contribution in [0, 0.1) is 17.5 Å². The van der Waals surface area contributed by atoms with Crippen molar-refractivity contribution in [2.45, 2.75) is 0 Å². The number of hydrogen-bond acceptors (Lipinski definition) is 3. The van der Waals surface area contributed by atoms with Crippen molar-refractivity contribution in [1.82, 2.24) is 19.3 Å². The average Bonchev–Trinajstić information content (AvgIpc) is 3.18. The van der Waals surface area contributed by atoms with E-state index < -0.39 is 28.6 Å². The fraction of sp³-hybridized carbons (Fsp3) is 0. The van der Waals surface area contributed by atoms with E-state index in [9.17, 15) is 18.0 Å². The maximum Gasteiger partial charge on any atom is 0.300 e. The van der Waals surface area contributed by atoms with Crippen LogP contribution in [0.3, 0.4) is 0 Å². The Bertz CT molecular complexity index is 1270. The second-order valence-corrected chi connectivity index (χ2v) is 6.68. The number of halogens is 5. The van der Waals surface area contributed by atoms with Crippen molar-refractivity contribution >= 4 is 23.2 Å². The van der Waals surface area contributed by atoms with Gasteiger partial charge in [-0.1, -0.05) is 29.3 Å². The van der Waals surface area contributed by atoms with E-state index in [4.69, 9.17) is 23.2 Å². The van der Waals surface area contributed by atoms with Crippen molar-refractivity contribution in [3.8, 4) is 22.8 Å². The van der Waals surface area contributed by atoms with Gasteiger partial charge in [0.2, 0.25) is 5.82 Å². The number of benzene rings is 2. The van der Waals surface area contributed by atoms with Crippen LogP contribution in [0.15, 0.2) is 59.7 Å². The molecule has 0 atom stereocenters. The topological polar surface area (TPSA) is 52.7 Å². The molecule has 2 aromatic carbocycles. The van der Waals surface area contributed by atoms with Crippen LogP contribution in [0.2, 0.25) is 10.2 Å². The monoisotopic (exact) mass is 436 g/mol. The number of nitrogens with zero attached hydrogens (tertiary/aromatic N) is 4. The van der Waals surface area contributed by atoms with Crippen molar-refractivity contribution in [3.05, 3.63) is 92.8 Å². The molecule has 4 rings (SSSR count). The van der Waals surface area contributed by atoms with Gasteiger partial charge >= 0.3 is 5.56 Å². The minimum atomic E-state index is -1.24. The van der Waals surface area contributed by atoms with Crippen molar-refractivity contribution in [1.29, 1.82) is 0 Å². The highest BCUT2D eigenvalue weighted by molar-refractivity contribution is 6.32. The molecule has 0 fully saturated rings. The first kappa shape index (κ1) is 19.2. The average molecular weight is 437 g/mol. The van der Waals surface area contributed by atoms with E-state index in [-0.39, 0.29) is 27.4 Å². The summed E-state index contributed by atoms with van der Waals surface area (Å²) in [5, 5.41) is 3.83. The van der Waals surface area contributed by atoms with E-state index in [1.807, 2.05) is 0 Å². The van der Waals surface area contributed by atoms with E-state index in [2.05, 4.69) is 10.1 Å². The highest BCUT2D eigenvalue weighted by Gasteiger charge is 2.25. The number of rotatable bonds is 3. The molecule has 5 nitrogen and oxygen atoms in total. The van der Waals surface area contributed by atoms with Crippen LogP contribution in [0.25, 0.3) is 22.8 Å². The Morgan fingerprint density at radius 2 is 1.69 bits per heavy atom. The molecule has 0 radical (unpaired) electrons. The molecule has 146 valence electrons. The predicted octanol–water partition coefficient (Wildman–Crippen LogP) is 4.81. The zero-order chi connectivity index (χ0) is 20.7. The summed E-state index contributed by atoms with van der Waals surface area (Å²) in [6.45, 7) is 0. The maximum absolute atomic E-state index is 14.5. The molecule has 2 aromatic heterocycles. The Labute approximate surface area is 171 Å². The fourth-order valence-corrected chi connectivity index (χ4v) is 3.32. The van der Waals surface area contributed by atoms with Gasteiger partial charge in [0.05, 0.1) is 16.9 Å². The lowest BCUT2D eigenvalue weighted by Gasteiger charge is -2.17. The van der Waals surface area contributed by atoms with Crippen LogP contribution in [0.4, 0.5) is 13.2 Å². The molecule has 0 saturated carbocycles. The van der Waals surface area contributed by atoms with E-state index in [0.29, 0.717) is 12.1 Å². The lowest BCUT2D eigenvalue weighted by Crippen LogP contribution is -2.27. The van der Waals surface area contributed by atoms with Gasteiger partial charge in [-0.15, -0.1) is 0 Å². The smallest absolute Gasteiger partial charge is 0.270 e. The minimum Gasteiger partial charge on any atom is -0.270 e. The summed E-state index contributed by atoms with van der Waals surface area (Å²) in [6, 6.07) is 8.56. The first-order chi connectivity index (χ1) is 13.9. The van der Waals surface area contributed by atoms with Gasteiger partial charge in [-0.2, -0.15) is 5.10 Å². The third kappa shape index (κ3) is 3.41. The van der Waals surface area contributed by atoms with E-state index in [0.717, 1.165) is 9.25 Å². The SMILES string of the molecule is O=c1c(-n2cccn2)nc(Cl)c(-c2c(F)cc(F)cc2F)n1-c1cccc(Cl)c1. The summed E-state index contributed by atoms with van der Waals surface area (Å²) in [5.41, 5.74) is -1.67. The van der Waals surface area contributed by atoms with Crippen LogP contribution < -0.4 is 5.56 Å². The van der Waals surface area contributed by atoms with Gasteiger partial charge in [0.25, 0.3) is 0 Å². The third-order valence-corrected chi connectivity index (χ3v) is 4.55. The lowest BCUT2D eigenvalue weighted by atomic mass is 10.1. The van der Waals surface area contributed by atoms with E-state index in [1.165, 1.54) is 24.5 Å². The summed E-state index contributed by atoms with van der Waals surface area (Å²) in [4.78, 5) is 17.2. The van der Waals surface area contributed by atoms with E-state index >= 15 is 0 Å². The van der Waals surface area contributed by atoms with Crippen molar-refractivity contribution < 1.29 is 13.2 Å². The zero-order valence-corrected chi connectivity index (χ0v) is 15.8. The van der Waals surface area contributed by atoms with Gasteiger partial charge in [0, 0.05) is 29.5 Å². The Balaban J connectivity index is 2.15. The first-order valence-corrected chi connectivity index (χ1v) is 8.86. The molecule has 0 aliphatic heterocycles. The minimum absolute atomic E-state index is 0.179. The molecule has 0 bridgehead atoms. The Kier molecular flexibility index (Phi) is 4.89. The number of hydrogen-bond donors (Lipinski definition) is 0. The van der Waals surface area contributed by atoms with Crippen molar-refractivity contribution in [3.63, 3.8) is 0 Å². The molecule has 0 saturated heterocycles. The van der Waals surface area contributed by atoms with Gasteiger partial charge in [0.15, 0.2) is 5.15 Å². The molecule has 2 heterocycles. The van der Waals surface area contributed by atoms with Gasteiger partial charge < -0.3 is 0 Å². The summed E-state index contributed by atoms with van der Waals surface area (Å²) in [5.74, 6) is -3.80. The lowest BCUT2D eigenvalue weighted by molar-refractivity contribution is 0.546. The fourth-order valence-electron chi connectivity index (χ4n) is 2.88. The van der Waals surface area contributed by atoms with Crippen molar-refractivity contribution in [2.24, 2.45) is 0 Å². The van der Waals surface area contributed by atoms with Gasteiger partial charge in [-0.05, 0) is 24.3 Å². The van der Waals surface area contributed by atoms with Gasteiger partial charge in [-0.3, -0.25) is 9.36 Å². The highest BCUT2D eigenvalue weighted by Crippen LogP contribution is 2.33. The highest BCUT2D eigenvalue weighted by atomic mass is 35.5. The molecule has 0 aliphatic rings. The molecule has 0 amide bonds. The van der Waals surface area contributed by atoms with Crippen molar-refractivity contribution in [2.75, 3.05) is 0 Å². The largest absolute Gasteiger partial charge is 0.300 e. The summed E-state index contributed by atoms with van der Waals surface area (Å²) < 4.78 is 44.6. The van der Waals surface area contributed by atoms with Crippen LogP contribution >= 0.6 is 23.2 Å². The van der Waals surface area contributed by atoms with Crippen LogP contribution in [-0.4, -0.2) is 19.3 Å². The second-order valence-electron chi connectivity index (χ2n) is 5.89. The molecule has 0 spiro atoms. The van der Waals surface area contributed by atoms with Gasteiger partial charge in [0.1, 0.15) is 17.5 Å². The molecule has 0 N–H and O–H groups in total. The first-order valence-electron chi connectivity index (χ1n) is 8.10. The molecule has 4 aromatic rings. The van der Waals surface area contributed by atoms with Crippen LogP contribution in [0.1, 0.15) is 0 Å². The van der Waals surface area contributed by atoms with Gasteiger partial charge in [-0.25, -0.2) is 22.8 Å². The quantitative estimate of drug-likeness (QED) is 0.463.